The third kappa shape index (κ3) is 3.57. The van der Waals surface area contributed by atoms with Gasteiger partial charge >= 0.3 is 5.76 Å². The number of benzene rings is 1. The number of oxazole rings is 1. The number of likely N-dealkylation sites (tertiary alicyclic amines) is 1. The zero-order valence-corrected chi connectivity index (χ0v) is 17.5. The molecule has 162 valence electrons. The number of hydrogen-bond acceptors (Lipinski definition) is 7. The van der Waals surface area contributed by atoms with Gasteiger partial charge in [-0.3, -0.25) is 14.2 Å². The second kappa shape index (κ2) is 7.92. The lowest BCUT2D eigenvalue weighted by Crippen LogP contribution is -2.32. The van der Waals surface area contributed by atoms with E-state index in [9.17, 15) is 19.5 Å². The second-order valence-corrected chi connectivity index (χ2v) is 7.77. The quantitative estimate of drug-likeness (QED) is 0.366. The molecule has 9 heteroatoms. The highest BCUT2D eigenvalue weighted by molar-refractivity contribution is 6.46. The number of furan rings is 1. The van der Waals surface area contributed by atoms with Gasteiger partial charge in [-0.1, -0.05) is 0 Å². The van der Waals surface area contributed by atoms with Gasteiger partial charge in [-0.05, 0) is 57.4 Å². The third-order valence-electron chi connectivity index (χ3n) is 5.42. The summed E-state index contributed by atoms with van der Waals surface area (Å²) in [4.78, 5) is 40.9. The summed E-state index contributed by atoms with van der Waals surface area (Å²) in [6.07, 6.45) is 2.11. The second-order valence-electron chi connectivity index (χ2n) is 7.77. The van der Waals surface area contributed by atoms with Crippen LogP contribution in [0.4, 0.5) is 0 Å². The van der Waals surface area contributed by atoms with E-state index in [0.29, 0.717) is 24.2 Å². The van der Waals surface area contributed by atoms with Crippen molar-refractivity contribution in [1.82, 2.24) is 14.4 Å². The van der Waals surface area contributed by atoms with Crippen molar-refractivity contribution in [2.75, 3.05) is 27.2 Å². The number of aryl methyl sites for hydroxylation is 1. The monoisotopic (exact) mass is 425 g/mol. The summed E-state index contributed by atoms with van der Waals surface area (Å²) >= 11 is 0. The van der Waals surface area contributed by atoms with Gasteiger partial charge in [0.1, 0.15) is 17.6 Å². The number of amides is 1. The van der Waals surface area contributed by atoms with E-state index in [2.05, 4.69) is 0 Å². The molecule has 3 aromatic rings. The summed E-state index contributed by atoms with van der Waals surface area (Å²) in [7, 11) is 5.43. The van der Waals surface area contributed by atoms with Gasteiger partial charge in [0.05, 0.1) is 17.4 Å². The lowest BCUT2D eigenvalue weighted by molar-refractivity contribution is -0.140. The molecule has 0 spiro atoms. The smallest absolute Gasteiger partial charge is 0.419 e. The van der Waals surface area contributed by atoms with Crippen LogP contribution in [-0.4, -0.2) is 58.3 Å². The first-order valence-electron chi connectivity index (χ1n) is 9.86. The lowest BCUT2D eigenvalue weighted by Gasteiger charge is -2.23. The first-order chi connectivity index (χ1) is 14.8. The van der Waals surface area contributed by atoms with Crippen LogP contribution in [0, 0.1) is 0 Å². The van der Waals surface area contributed by atoms with Crippen LogP contribution in [0.2, 0.25) is 0 Å². The molecule has 4 rings (SSSR count). The Morgan fingerprint density at radius 1 is 1.19 bits per heavy atom. The predicted molar refractivity (Wildman–Crippen MR) is 112 cm³/mol. The van der Waals surface area contributed by atoms with Gasteiger partial charge < -0.3 is 23.7 Å². The Morgan fingerprint density at radius 2 is 1.97 bits per heavy atom. The van der Waals surface area contributed by atoms with Crippen molar-refractivity contribution in [2.45, 2.75) is 12.5 Å². The van der Waals surface area contributed by atoms with Crippen molar-refractivity contribution in [3.8, 4) is 0 Å². The van der Waals surface area contributed by atoms with Crippen molar-refractivity contribution in [3.63, 3.8) is 0 Å². The normalized spacial score (nSPS) is 18.6. The molecule has 1 amide bonds. The summed E-state index contributed by atoms with van der Waals surface area (Å²) in [6, 6.07) is 7.17. The number of carbonyl (C=O) groups excluding carboxylic acids is 2. The molecule has 1 saturated heterocycles. The van der Waals surface area contributed by atoms with E-state index in [1.54, 1.807) is 31.3 Å². The van der Waals surface area contributed by atoms with Crippen LogP contribution in [-0.2, 0) is 16.6 Å². The predicted octanol–water partition coefficient (Wildman–Crippen LogP) is 2.10. The van der Waals surface area contributed by atoms with E-state index >= 15 is 0 Å². The number of carbonyl (C=O) groups is 2. The van der Waals surface area contributed by atoms with Crippen LogP contribution >= 0.6 is 0 Å². The van der Waals surface area contributed by atoms with Crippen LogP contribution in [0.1, 0.15) is 23.8 Å². The number of fused-ring (bicyclic) bond motifs is 1. The Bertz CT molecular complexity index is 1230. The topological polar surface area (TPSA) is 109 Å². The Morgan fingerprint density at radius 3 is 2.65 bits per heavy atom. The van der Waals surface area contributed by atoms with Crippen molar-refractivity contribution < 1.29 is 23.5 Å². The van der Waals surface area contributed by atoms with Crippen LogP contribution < -0.4 is 5.76 Å². The SMILES string of the molecule is CN(C)CCCN1C(=O)C(=O)/C(=C(/O)c2ccc3c(c2)oc(=O)n3C)C1c1ccco1. The number of aromatic nitrogens is 1. The summed E-state index contributed by atoms with van der Waals surface area (Å²) < 4.78 is 12.0. The molecule has 2 aromatic heterocycles. The van der Waals surface area contributed by atoms with E-state index in [-0.39, 0.29) is 22.5 Å². The number of rotatable bonds is 6. The Labute approximate surface area is 177 Å². The molecule has 1 aliphatic heterocycles. The third-order valence-corrected chi connectivity index (χ3v) is 5.42. The van der Waals surface area contributed by atoms with Gasteiger partial charge in [0.2, 0.25) is 0 Å². The summed E-state index contributed by atoms with van der Waals surface area (Å²) in [5.41, 5.74) is 1.03. The number of nitrogens with zero attached hydrogens (tertiary/aromatic N) is 3. The van der Waals surface area contributed by atoms with Crippen LogP contribution in [0.25, 0.3) is 16.9 Å². The highest BCUT2D eigenvalue weighted by atomic mass is 16.4. The molecule has 0 saturated carbocycles. The molecule has 1 aliphatic rings. The molecule has 9 nitrogen and oxygen atoms in total. The molecule has 3 heterocycles. The lowest BCUT2D eigenvalue weighted by atomic mass is 9.99. The van der Waals surface area contributed by atoms with Gasteiger partial charge in [0.15, 0.2) is 5.58 Å². The average Bonchev–Trinajstić information content (AvgIpc) is 3.42. The molecule has 1 fully saturated rings. The van der Waals surface area contributed by atoms with Crippen LogP contribution in [0.15, 0.2) is 55.8 Å². The summed E-state index contributed by atoms with van der Waals surface area (Å²) in [5, 5.41) is 11.0. The van der Waals surface area contributed by atoms with Gasteiger partial charge in [-0.2, -0.15) is 0 Å². The molecule has 1 N–H and O–H groups in total. The van der Waals surface area contributed by atoms with E-state index < -0.39 is 23.5 Å². The van der Waals surface area contributed by atoms with Crippen molar-refractivity contribution in [2.24, 2.45) is 7.05 Å². The van der Waals surface area contributed by atoms with Gasteiger partial charge in [0.25, 0.3) is 11.7 Å². The maximum atomic E-state index is 12.9. The first kappa shape index (κ1) is 20.7. The minimum Gasteiger partial charge on any atom is -0.507 e. The largest absolute Gasteiger partial charge is 0.507 e. The van der Waals surface area contributed by atoms with Gasteiger partial charge in [-0.15, -0.1) is 0 Å². The molecular formula is C22H23N3O6. The standard InChI is InChI=1S/C22H23N3O6/c1-23(2)9-5-10-25-18(15-6-4-11-30-15)17(20(27)21(25)28)19(26)13-7-8-14-16(12-13)31-22(29)24(14)3/h4,6-8,11-12,18,26H,5,9-10H2,1-3H3/b19-17+. The van der Waals surface area contributed by atoms with E-state index in [0.717, 1.165) is 6.54 Å². The minimum atomic E-state index is -0.837. The summed E-state index contributed by atoms with van der Waals surface area (Å²) in [5.74, 6) is -1.96. The maximum Gasteiger partial charge on any atom is 0.419 e. The zero-order valence-electron chi connectivity index (χ0n) is 17.5. The molecule has 1 atom stereocenters. The zero-order chi connectivity index (χ0) is 22.3. The maximum absolute atomic E-state index is 12.9. The van der Waals surface area contributed by atoms with E-state index in [1.807, 2.05) is 19.0 Å². The molecule has 1 aromatic carbocycles. The highest BCUT2D eigenvalue weighted by Gasteiger charge is 2.47. The average molecular weight is 425 g/mol. The first-order valence-corrected chi connectivity index (χ1v) is 9.86. The fourth-order valence-corrected chi connectivity index (χ4v) is 3.85. The number of aliphatic hydroxyl groups is 1. The fourth-order valence-electron chi connectivity index (χ4n) is 3.85. The van der Waals surface area contributed by atoms with E-state index in [1.165, 1.54) is 21.8 Å². The number of hydrogen-bond donors (Lipinski definition) is 1. The van der Waals surface area contributed by atoms with Gasteiger partial charge in [0, 0.05) is 19.2 Å². The minimum absolute atomic E-state index is 0.0533. The molecule has 0 bridgehead atoms. The van der Waals surface area contributed by atoms with Crippen molar-refractivity contribution >= 4 is 28.5 Å². The Balaban J connectivity index is 1.80. The number of Topliss-reactive ketones (excluding diaryl/α,β-unsaturated/α-hetero) is 1. The number of aliphatic hydroxyl groups excluding tert-OH is 1. The Hall–Kier alpha value is -3.59. The van der Waals surface area contributed by atoms with Crippen molar-refractivity contribution in [3.05, 3.63) is 64.0 Å². The highest BCUT2D eigenvalue weighted by Crippen LogP contribution is 2.39. The Kier molecular flexibility index (Phi) is 5.28. The molecule has 0 radical (unpaired) electrons. The molecule has 31 heavy (non-hydrogen) atoms. The molecule has 0 aliphatic carbocycles. The fraction of sp³-hybridized carbons (Fsp3) is 0.318. The van der Waals surface area contributed by atoms with Gasteiger partial charge in [-0.25, -0.2) is 4.79 Å². The van der Waals surface area contributed by atoms with Crippen LogP contribution in [0.3, 0.4) is 0 Å². The van der Waals surface area contributed by atoms with Crippen LogP contribution in [0.5, 0.6) is 0 Å². The van der Waals surface area contributed by atoms with E-state index in [4.69, 9.17) is 8.83 Å². The molecule has 1 unspecified atom stereocenters. The van der Waals surface area contributed by atoms with Crippen molar-refractivity contribution in [1.29, 1.82) is 0 Å². The summed E-state index contributed by atoms with van der Waals surface area (Å²) in [6.45, 7) is 1.06. The number of ketones is 1. The molecular weight excluding hydrogens is 402 g/mol.